The van der Waals surface area contributed by atoms with Crippen LogP contribution in [-0.2, 0) is 6.61 Å². The number of rotatable bonds is 5. The molecule has 5 rings (SSSR count). The van der Waals surface area contributed by atoms with Gasteiger partial charge < -0.3 is 14.6 Å². The van der Waals surface area contributed by atoms with E-state index in [1.54, 1.807) is 6.20 Å². The van der Waals surface area contributed by atoms with Crippen LogP contribution >= 0.6 is 0 Å². The van der Waals surface area contributed by atoms with Crippen LogP contribution in [0.5, 0.6) is 5.75 Å². The molecular weight excluding hydrogens is 354 g/mol. The van der Waals surface area contributed by atoms with Crippen molar-refractivity contribution in [1.82, 2.24) is 20.3 Å². The number of nitrogens with zero attached hydrogens (tertiary/aromatic N) is 3. The van der Waals surface area contributed by atoms with E-state index >= 15 is 0 Å². The van der Waals surface area contributed by atoms with Crippen LogP contribution in [0.3, 0.4) is 0 Å². The molecule has 7 heteroatoms. The number of aromatic amines is 1. The molecule has 0 aliphatic rings. The number of benzene rings is 2. The Bertz CT molecular complexity index is 1260. The molecule has 0 spiro atoms. The fourth-order valence-corrected chi connectivity index (χ4v) is 3.03. The zero-order chi connectivity index (χ0) is 18.9. The highest BCUT2D eigenvalue weighted by atomic mass is 16.5. The zero-order valence-corrected chi connectivity index (χ0v) is 15.1. The minimum absolute atomic E-state index is 0.344. The van der Waals surface area contributed by atoms with Crippen molar-refractivity contribution >= 4 is 33.5 Å². The molecule has 0 aliphatic carbocycles. The van der Waals surface area contributed by atoms with Crippen molar-refractivity contribution in [2.45, 2.75) is 13.5 Å². The summed E-state index contributed by atoms with van der Waals surface area (Å²) < 4.78 is 11.3. The lowest BCUT2D eigenvalue weighted by molar-refractivity contribution is 0.292. The van der Waals surface area contributed by atoms with Crippen molar-refractivity contribution in [2.75, 3.05) is 5.32 Å². The molecule has 3 aromatic heterocycles. The van der Waals surface area contributed by atoms with Crippen LogP contribution in [0.25, 0.3) is 22.0 Å². The predicted molar refractivity (Wildman–Crippen MR) is 107 cm³/mol. The average Bonchev–Trinajstić information content (AvgIpc) is 3.32. The standard InChI is InChI=1S/C21H17N5O2/c1-13-4-7-15(8-5-13)27-12-18-16-9-6-14(11-19(16)28-26-18)23-21-20-17(24-25-21)3-2-10-22-20/h2-11H,12H2,1H3,(H2,23,24,25). The SMILES string of the molecule is Cc1ccc(OCc2noc3cc(Nc4n[nH]c5cccnc45)ccc23)cc1. The predicted octanol–water partition coefficient (Wildman–Crippen LogP) is 4.73. The summed E-state index contributed by atoms with van der Waals surface area (Å²) in [7, 11) is 0. The Hall–Kier alpha value is -3.87. The largest absolute Gasteiger partial charge is 0.487 e. The molecule has 0 unspecified atom stereocenters. The molecule has 0 bridgehead atoms. The molecule has 0 amide bonds. The van der Waals surface area contributed by atoms with E-state index in [4.69, 9.17) is 9.26 Å². The van der Waals surface area contributed by atoms with Gasteiger partial charge in [0.2, 0.25) is 0 Å². The van der Waals surface area contributed by atoms with Crippen LogP contribution in [0.2, 0.25) is 0 Å². The fourth-order valence-electron chi connectivity index (χ4n) is 3.03. The first-order valence-electron chi connectivity index (χ1n) is 8.90. The van der Waals surface area contributed by atoms with Gasteiger partial charge in [0.1, 0.15) is 23.6 Å². The first-order valence-corrected chi connectivity index (χ1v) is 8.90. The van der Waals surface area contributed by atoms with Gasteiger partial charge in [0, 0.05) is 23.3 Å². The third-order valence-electron chi connectivity index (χ3n) is 4.53. The van der Waals surface area contributed by atoms with Crippen LogP contribution in [0.1, 0.15) is 11.3 Å². The van der Waals surface area contributed by atoms with Gasteiger partial charge in [-0.15, -0.1) is 0 Å². The monoisotopic (exact) mass is 371 g/mol. The van der Waals surface area contributed by atoms with E-state index in [1.165, 1.54) is 5.56 Å². The highest BCUT2D eigenvalue weighted by Gasteiger charge is 2.12. The Morgan fingerprint density at radius 1 is 1.11 bits per heavy atom. The quantitative estimate of drug-likeness (QED) is 0.464. The second-order valence-electron chi connectivity index (χ2n) is 6.54. The minimum Gasteiger partial charge on any atom is -0.487 e. The van der Waals surface area contributed by atoms with Gasteiger partial charge in [-0.3, -0.25) is 10.1 Å². The molecule has 138 valence electrons. The second-order valence-corrected chi connectivity index (χ2v) is 6.54. The molecule has 0 fully saturated rings. The van der Waals surface area contributed by atoms with Crippen molar-refractivity contribution in [3.63, 3.8) is 0 Å². The Morgan fingerprint density at radius 3 is 2.89 bits per heavy atom. The summed E-state index contributed by atoms with van der Waals surface area (Å²) in [5.41, 5.74) is 5.14. The third kappa shape index (κ3) is 3.03. The maximum Gasteiger partial charge on any atom is 0.178 e. The number of fused-ring (bicyclic) bond motifs is 2. The van der Waals surface area contributed by atoms with Crippen LogP contribution in [0, 0.1) is 6.92 Å². The molecule has 3 heterocycles. The van der Waals surface area contributed by atoms with Crippen molar-refractivity contribution in [1.29, 1.82) is 0 Å². The summed E-state index contributed by atoms with van der Waals surface area (Å²) in [5, 5.41) is 15.6. The zero-order valence-electron chi connectivity index (χ0n) is 15.1. The lowest BCUT2D eigenvalue weighted by Crippen LogP contribution is -1.96. The summed E-state index contributed by atoms with van der Waals surface area (Å²) >= 11 is 0. The Labute approximate surface area is 160 Å². The Kier molecular flexibility index (Phi) is 3.90. The molecule has 2 aromatic carbocycles. The van der Waals surface area contributed by atoms with E-state index in [0.717, 1.165) is 33.6 Å². The maximum absolute atomic E-state index is 5.82. The molecule has 5 aromatic rings. The third-order valence-corrected chi connectivity index (χ3v) is 4.53. The number of aryl methyl sites for hydroxylation is 1. The smallest absolute Gasteiger partial charge is 0.178 e. The summed E-state index contributed by atoms with van der Waals surface area (Å²) in [4.78, 5) is 4.35. The maximum atomic E-state index is 5.82. The molecule has 7 nitrogen and oxygen atoms in total. The van der Waals surface area contributed by atoms with Gasteiger partial charge in [0.25, 0.3) is 0 Å². The van der Waals surface area contributed by atoms with Crippen LogP contribution < -0.4 is 10.1 Å². The average molecular weight is 371 g/mol. The van der Waals surface area contributed by atoms with E-state index in [0.29, 0.717) is 18.0 Å². The molecule has 0 aliphatic heterocycles. The number of H-pyrrole nitrogens is 1. The molecule has 0 saturated carbocycles. The van der Waals surface area contributed by atoms with Crippen molar-refractivity contribution in [3.05, 3.63) is 72.1 Å². The highest BCUT2D eigenvalue weighted by Crippen LogP contribution is 2.27. The van der Waals surface area contributed by atoms with E-state index < -0.39 is 0 Å². The first-order chi connectivity index (χ1) is 13.8. The lowest BCUT2D eigenvalue weighted by Gasteiger charge is -2.05. The molecule has 28 heavy (non-hydrogen) atoms. The van der Waals surface area contributed by atoms with Crippen LogP contribution in [0.15, 0.2) is 65.3 Å². The van der Waals surface area contributed by atoms with Crippen molar-refractivity contribution < 1.29 is 9.26 Å². The fraction of sp³-hybridized carbons (Fsp3) is 0.0952. The van der Waals surface area contributed by atoms with Crippen molar-refractivity contribution in [3.8, 4) is 5.75 Å². The van der Waals surface area contributed by atoms with Gasteiger partial charge in [0.15, 0.2) is 11.4 Å². The molecule has 0 saturated heterocycles. The van der Waals surface area contributed by atoms with Gasteiger partial charge in [-0.1, -0.05) is 22.9 Å². The first kappa shape index (κ1) is 16.3. The lowest BCUT2D eigenvalue weighted by atomic mass is 10.2. The topological polar surface area (TPSA) is 88.9 Å². The number of hydrogen-bond donors (Lipinski definition) is 2. The van der Waals surface area contributed by atoms with E-state index in [9.17, 15) is 0 Å². The number of nitrogens with one attached hydrogen (secondary N) is 2. The molecule has 2 N–H and O–H groups in total. The van der Waals surface area contributed by atoms with E-state index in [1.807, 2.05) is 61.5 Å². The summed E-state index contributed by atoms with van der Waals surface area (Å²) in [6, 6.07) is 17.5. The highest BCUT2D eigenvalue weighted by molar-refractivity contribution is 5.89. The van der Waals surface area contributed by atoms with E-state index in [2.05, 4.69) is 25.7 Å². The summed E-state index contributed by atoms with van der Waals surface area (Å²) in [5.74, 6) is 1.47. The number of anilines is 2. The van der Waals surface area contributed by atoms with E-state index in [-0.39, 0.29) is 0 Å². The number of hydrogen-bond acceptors (Lipinski definition) is 6. The van der Waals surface area contributed by atoms with Crippen molar-refractivity contribution in [2.24, 2.45) is 0 Å². The molecular formula is C21H17N5O2. The van der Waals surface area contributed by atoms with Crippen LogP contribution in [0.4, 0.5) is 11.5 Å². The van der Waals surface area contributed by atoms with Gasteiger partial charge in [0.05, 0.1) is 5.52 Å². The van der Waals surface area contributed by atoms with Gasteiger partial charge in [-0.05, 0) is 43.3 Å². The normalized spacial score (nSPS) is 11.2. The molecule has 0 atom stereocenters. The van der Waals surface area contributed by atoms with Gasteiger partial charge >= 0.3 is 0 Å². The number of pyridine rings is 1. The van der Waals surface area contributed by atoms with Gasteiger partial charge in [-0.2, -0.15) is 5.10 Å². The number of ether oxygens (including phenoxy) is 1. The Balaban J connectivity index is 1.36. The second kappa shape index (κ2) is 6.70. The number of aromatic nitrogens is 4. The molecule has 0 radical (unpaired) electrons. The Morgan fingerprint density at radius 2 is 2.00 bits per heavy atom. The minimum atomic E-state index is 0.344. The van der Waals surface area contributed by atoms with Crippen LogP contribution in [-0.4, -0.2) is 20.3 Å². The summed E-state index contributed by atoms with van der Waals surface area (Å²) in [6.45, 7) is 2.39. The summed E-state index contributed by atoms with van der Waals surface area (Å²) in [6.07, 6.45) is 1.74. The van der Waals surface area contributed by atoms with Gasteiger partial charge in [-0.25, -0.2) is 0 Å².